The monoisotopic (exact) mass is 409 g/mol. The summed E-state index contributed by atoms with van der Waals surface area (Å²) >= 11 is 0. The van der Waals surface area contributed by atoms with Crippen LogP contribution in [0.1, 0.15) is 29.2 Å². The summed E-state index contributed by atoms with van der Waals surface area (Å²) in [7, 11) is -3.38. The number of allylic oxidation sites excluding steroid dienone is 1. The number of hydrogen-bond acceptors (Lipinski definition) is 3. The van der Waals surface area contributed by atoms with E-state index in [0.717, 1.165) is 39.7 Å². The third-order valence-electron chi connectivity index (χ3n) is 4.86. The molecule has 4 rings (SSSR count). The quantitative estimate of drug-likeness (QED) is 0.657. The van der Waals surface area contributed by atoms with Crippen LogP contribution in [-0.2, 0) is 16.6 Å². The first kappa shape index (κ1) is 19.2. The normalized spacial score (nSPS) is 14.9. The van der Waals surface area contributed by atoms with Gasteiger partial charge in [-0.25, -0.2) is 12.8 Å². The number of rotatable bonds is 3. The molecule has 3 aromatic rings. The van der Waals surface area contributed by atoms with E-state index in [2.05, 4.69) is 4.72 Å². The van der Waals surface area contributed by atoms with E-state index < -0.39 is 10.0 Å². The van der Waals surface area contributed by atoms with Gasteiger partial charge >= 0.3 is 0 Å². The van der Waals surface area contributed by atoms with Gasteiger partial charge in [0.05, 0.1) is 6.26 Å². The second-order valence-electron chi connectivity index (χ2n) is 7.04. The van der Waals surface area contributed by atoms with Gasteiger partial charge in [-0.15, -0.1) is 0 Å². The number of sulfonamides is 1. The molecule has 1 aliphatic rings. The minimum atomic E-state index is -3.38. The number of hydrogen-bond donors (Lipinski definition) is 1. The lowest BCUT2D eigenvalue weighted by Crippen LogP contribution is -2.09. The van der Waals surface area contributed by atoms with E-state index in [0.29, 0.717) is 18.0 Å². The van der Waals surface area contributed by atoms with Crippen molar-refractivity contribution in [2.45, 2.75) is 13.5 Å². The molecule has 0 aliphatic carbocycles. The zero-order valence-corrected chi connectivity index (χ0v) is 16.9. The van der Waals surface area contributed by atoms with Gasteiger partial charge in [-0.05, 0) is 59.0 Å². The first-order valence-corrected chi connectivity index (χ1v) is 11.0. The van der Waals surface area contributed by atoms with Crippen molar-refractivity contribution in [3.8, 4) is 5.75 Å². The van der Waals surface area contributed by atoms with Crippen molar-refractivity contribution in [1.29, 1.82) is 0 Å². The second-order valence-corrected chi connectivity index (χ2v) is 8.79. The van der Waals surface area contributed by atoms with Crippen molar-refractivity contribution in [2.24, 2.45) is 0 Å². The summed E-state index contributed by atoms with van der Waals surface area (Å²) in [5.74, 6) is 0.132. The lowest BCUT2D eigenvalue weighted by molar-refractivity contribution is 0.305. The van der Waals surface area contributed by atoms with E-state index in [1.165, 1.54) is 12.1 Å². The second kappa shape index (κ2) is 7.37. The molecule has 29 heavy (non-hydrogen) atoms. The van der Waals surface area contributed by atoms with E-state index in [-0.39, 0.29) is 5.82 Å². The fourth-order valence-corrected chi connectivity index (χ4v) is 4.15. The van der Waals surface area contributed by atoms with Gasteiger partial charge in [-0.1, -0.05) is 36.4 Å². The highest BCUT2D eigenvalue weighted by atomic mass is 32.2. The van der Waals surface area contributed by atoms with Crippen molar-refractivity contribution < 1.29 is 17.5 Å². The number of ether oxygens (including phenoxy) is 1. The van der Waals surface area contributed by atoms with Crippen molar-refractivity contribution in [2.75, 3.05) is 11.0 Å². The Morgan fingerprint density at radius 1 is 1.00 bits per heavy atom. The Bertz CT molecular complexity index is 1230. The summed E-state index contributed by atoms with van der Waals surface area (Å²) in [5.41, 5.74) is 6.04. The number of halogens is 1. The number of benzene rings is 3. The number of fused-ring (bicyclic) bond motifs is 2. The predicted molar refractivity (Wildman–Crippen MR) is 114 cm³/mol. The molecule has 0 fully saturated rings. The van der Waals surface area contributed by atoms with E-state index >= 15 is 0 Å². The zero-order valence-electron chi connectivity index (χ0n) is 16.1. The van der Waals surface area contributed by atoms with Crippen LogP contribution in [0.5, 0.6) is 5.75 Å². The topological polar surface area (TPSA) is 55.4 Å². The van der Waals surface area contributed by atoms with Crippen LogP contribution in [0.4, 0.5) is 10.1 Å². The fraction of sp³-hybridized carbons (Fsp3) is 0.130. The van der Waals surface area contributed by atoms with Crippen molar-refractivity contribution in [3.63, 3.8) is 0 Å². The molecule has 0 saturated heterocycles. The number of nitrogens with one attached hydrogen (secondary N) is 1. The fourth-order valence-electron chi connectivity index (χ4n) is 3.59. The highest BCUT2D eigenvalue weighted by molar-refractivity contribution is 7.92. The van der Waals surface area contributed by atoms with Crippen LogP contribution in [0.2, 0.25) is 0 Å². The SMILES string of the molecule is C/C(=C1/c2ccccc2COc2cc(F)ccc21)c1cccc(NS(C)(=O)=O)c1. The Morgan fingerprint density at radius 3 is 2.59 bits per heavy atom. The van der Waals surface area contributed by atoms with Crippen LogP contribution in [0.25, 0.3) is 11.1 Å². The van der Waals surface area contributed by atoms with Crippen molar-refractivity contribution in [3.05, 3.63) is 94.8 Å². The Hall–Kier alpha value is -3.12. The molecule has 0 aromatic heterocycles. The van der Waals surface area contributed by atoms with Crippen molar-refractivity contribution in [1.82, 2.24) is 0 Å². The van der Waals surface area contributed by atoms with Crippen LogP contribution in [0, 0.1) is 5.82 Å². The Kier molecular flexibility index (Phi) is 4.88. The average Bonchev–Trinajstić information content (AvgIpc) is 2.83. The Labute approximate surface area is 169 Å². The van der Waals surface area contributed by atoms with Gasteiger partial charge in [-0.3, -0.25) is 4.72 Å². The van der Waals surface area contributed by atoms with Crippen molar-refractivity contribution >= 4 is 26.9 Å². The third kappa shape index (κ3) is 4.03. The Balaban J connectivity index is 1.95. The molecule has 148 valence electrons. The first-order chi connectivity index (χ1) is 13.8. The molecule has 0 spiro atoms. The molecule has 0 bridgehead atoms. The molecule has 4 nitrogen and oxygen atoms in total. The minimum absolute atomic E-state index is 0.346. The predicted octanol–water partition coefficient (Wildman–Crippen LogP) is 5.07. The van der Waals surface area contributed by atoms with Gasteiger partial charge in [0.25, 0.3) is 0 Å². The van der Waals surface area contributed by atoms with Gasteiger partial charge in [0.1, 0.15) is 18.2 Å². The molecule has 0 radical (unpaired) electrons. The van der Waals surface area contributed by atoms with Gasteiger partial charge in [0.15, 0.2) is 0 Å². The maximum absolute atomic E-state index is 13.9. The largest absolute Gasteiger partial charge is 0.488 e. The molecule has 0 saturated carbocycles. The van der Waals surface area contributed by atoms with Gasteiger partial charge in [0.2, 0.25) is 10.0 Å². The lowest BCUT2D eigenvalue weighted by Gasteiger charge is -2.16. The summed E-state index contributed by atoms with van der Waals surface area (Å²) in [6, 6.07) is 19.7. The maximum atomic E-state index is 13.9. The van der Waals surface area contributed by atoms with E-state index in [4.69, 9.17) is 4.74 Å². The lowest BCUT2D eigenvalue weighted by atomic mass is 9.88. The van der Waals surface area contributed by atoms with E-state index in [1.54, 1.807) is 24.3 Å². The van der Waals surface area contributed by atoms with Crippen LogP contribution in [0.15, 0.2) is 66.7 Å². The summed E-state index contributed by atoms with van der Waals surface area (Å²) in [6.07, 6.45) is 1.12. The standard InChI is InChI=1S/C23H20FNO3S/c1-15(16-7-5-8-19(12-16)25-29(2,26)27)23-20-9-4-3-6-17(20)14-28-22-13-18(24)10-11-21(22)23/h3-13,25H,14H2,1-2H3/b23-15+. The smallest absolute Gasteiger partial charge is 0.229 e. The molecule has 1 N–H and O–H groups in total. The average molecular weight is 409 g/mol. The van der Waals surface area contributed by atoms with Crippen LogP contribution in [-0.4, -0.2) is 14.7 Å². The molecule has 6 heteroatoms. The molecule has 1 aliphatic heterocycles. The molecule has 0 atom stereocenters. The highest BCUT2D eigenvalue weighted by Crippen LogP contribution is 2.41. The summed E-state index contributed by atoms with van der Waals surface area (Å²) in [4.78, 5) is 0. The summed E-state index contributed by atoms with van der Waals surface area (Å²) in [5, 5.41) is 0. The van der Waals surface area contributed by atoms with Crippen LogP contribution in [0.3, 0.4) is 0 Å². The Morgan fingerprint density at radius 2 is 1.79 bits per heavy atom. The van der Waals surface area contributed by atoms with E-state index in [1.807, 2.05) is 37.3 Å². The van der Waals surface area contributed by atoms with Gasteiger partial charge in [-0.2, -0.15) is 0 Å². The van der Waals surface area contributed by atoms with Gasteiger partial charge in [0, 0.05) is 17.3 Å². The highest BCUT2D eigenvalue weighted by Gasteiger charge is 2.22. The maximum Gasteiger partial charge on any atom is 0.229 e. The van der Waals surface area contributed by atoms with E-state index in [9.17, 15) is 12.8 Å². The molecule has 3 aromatic carbocycles. The summed E-state index contributed by atoms with van der Waals surface area (Å²) < 4.78 is 45.5. The van der Waals surface area contributed by atoms with Gasteiger partial charge < -0.3 is 4.74 Å². The number of anilines is 1. The molecule has 0 unspecified atom stereocenters. The zero-order chi connectivity index (χ0) is 20.6. The molecular formula is C23H20FNO3S. The summed E-state index contributed by atoms with van der Waals surface area (Å²) in [6.45, 7) is 2.32. The molecular weight excluding hydrogens is 389 g/mol. The first-order valence-electron chi connectivity index (χ1n) is 9.12. The van der Waals surface area contributed by atoms with Crippen LogP contribution >= 0.6 is 0 Å². The van der Waals surface area contributed by atoms with Crippen LogP contribution < -0.4 is 9.46 Å². The third-order valence-corrected chi connectivity index (χ3v) is 5.46. The minimum Gasteiger partial charge on any atom is -0.488 e. The molecule has 1 heterocycles. The molecule has 0 amide bonds.